The number of nitrogens with zero attached hydrogens (tertiary/aromatic N) is 4. The molecule has 2 aromatic heterocycles. The molecule has 0 aliphatic heterocycles. The lowest BCUT2D eigenvalue weighted by atomic mass is 10.1. The number of carbonyl (C=O) groups is 1. The van der Waals surface area contributed by atoms with Crippen LogP contribution in [-0.2, 0) is 13.6 Å². The standard InChI is InChI=1S/C18H21N5O/c1-10-11(2)21-17-8-14(6-7-16(17)20-10)18(24)19-9-15-12(3)22-23(5)13(15)4/h6-8H,9H2,1-5H3,(H,19,24). The molecule has 6 nitrogen and oxygen atoms in total. The van der Waals surface area contributed by atoms with E-state index in [1.807, 2.05) is 45.5 Å². The summed E-state index contributed by atoms with van der Waals surface area (Å²) in [6, 6.07) is 5.40. The minimum absolute atomic E-state index is 0.125. The van der Waals surface area contributed by atoms with E-state index in [1.54, 1.807) is 12.1 Å². The van der Waals surface area contributed by atoms with E-state index in [4.69, 9.17) is 0 Å². The highest BCUT2D eigenvalue weighted by Crippen LogP contribution is 2.15. The van der Waals surface area contributed by atoms with Gasteiger partial charge in [0.25, 0.3) is 5.91 Å². The maximum Gasteiger partial charge on any atom is 0.251 e. The molecular weight excluding hydrogens is 302 g/mol. The Bertz CT molecular complexity index is 942. The molecular formula is C18H21N5O. The van der Waals surface area contributed by atoms with Gasteiger partial charge in [0.05, 0.1) is 28.1 Å². The second-order valence-electron chi connectivity index (χ2n) is 6.05. The van der Waals surface area contributed by atoms with Gasteiger partial charge in [-0.2, -0.15) is 5.10 Å². The number of amides is 1. The van der Waals surface area contributed by atoms with Gasteiger partial charge in [-0.3, -0.25) is 9.48 Å². The quantitative estimate of drug-likeness (QED) is 0.804. The number of benzene rings is 1. The molecule has 0 aliphatic carbocycles. The van der Waals surface area contributed by atoms with Crippen LogP contribution in [0.25, 0.3) is 11.0 Å². The lowest BCUT2D eigenvalue weighted by molar-refractivity contribution is 0.0951. The van der Waals surface area contributed by atoms with Gasteiger partial charge in [-0.15, -0.1) is 0 Å². The van der Waals surface area contributed by atoms with E-state index in [0.29, 0.717) is 12.1 Å². The summed E-state index contributed by atoms with van der Waals surface area (Å²) in [7, 11) is 1.90. The molecule has 24 heavy (non-hydrogen) atoms. The zero-order valence-electron chi connectivity index (χ0n) is 14.6. The third-order valence-corrected chi connectivity index (χ3v) is 4.42. The number of hydrogen-bond donors (Lipinski definition) is 1. The highest BCUT2D eigenvalue weighted by molar-refractivity contribution is 5.97. The van der Waals surface area contributed by atoms with Crippen molar-refractivity contribution in [3.8, 4) is 0 Å². The molecule has 0 fully saturated rings. The Morgan fingerprint density at radius 3 is 2.33 bits per heavy atom. The van der Waals surface area contributed by atoms with E-state index in [0.717, 1.165) is 39.4 Å². The molecule has 1 amide bonds. The first-order valence-electron chi connectivity index (χ1n) is 7.89. The number of aromatic nitrogens is 4. The van der Waals surface area contributed by atoms with Crippen molar-refractivity contribution in [3.63, 3.8) is 0 Å². The lowest BCUT2D eigenvalue weighted by Gasteiger charge is -2.07. The summed E-state index contributed by atoms with van der Waals surface area (Å²) >= 11 is 0. The highest BCUT2D eigenvalue weighted by Gasteiger charge is 2.12. The number of nitrogens with one attached hydrogen (secondary N) is 1. The van der Waals surface area contributed by atoms with Gasteiger partial charge >= 0.3 is 0 Å². The van der Waals surface area contributed by atoms with Crippen molar-refractivity contribution in [1.82, 2.24) is 25.1 Å². The van der Waals surface area contributed by atoms with E-state index < -0.39 is 0 Å². The Labute approximate surface area is 140 Å². The first-order valence-corrected chi connectivity index (χ1v) is 7.89. The maximum atomic E-state index is 12.5. The molecule has 6 heteroatoms. The van der Waals surface area contributed by atoms with E-state index in [9.17, 15) is 4.79 Å². The molecule has 2 heterocycles. The molecule has 3 aromatic rings. The molecule has 0 aliphatic rings. The lowest BCUT2D eigenvalue weighted by Crippen LogP contribution is -2.23. The van der Waals surface area contributed by atoms with Crippen molar-refractivity contribution in [1.29, 1.82) is 0 Å². The molecule has 1 aromatic carbocycles. The zero-order valence-corrected chi connectivity index (χ0v) is 14.6. The number of aryl methyl sites for hydroxylation is 4. The molecule has 124 valence electrons. The van der Waals surface area contributed by atoms with Crippen LogP contribution in [0.1, 0.15) is 38.7 Å². The van der Waals surface area contributed by atoms with Crippen molar-refractivity contribution < 1.29 is 4.79 Å². The zero-order chi connectivity index (χ0) is 17.4. The Morgan fingerprint density at radius 1 is 1.04 bits per heavy atom. The maximum absolute atomic E-state index is 12.5. The third-order valence-electron chi connectivity index (χ3n) is 4.42. The van der Waals surface area contributed by atoms with Crippen LogP contribution in [0.15, 0.2) is 18.2 Å². The predicted octanol–water partition coefficient (Wildman–Crippen LogP) is 2.53. The molecule has 3 rings (SSSR count). The number of fused-ring (bicyclic) bond motifs is 1. The second-order valence-corrected chi connectivity index (χ2v) is 6.05. The largest absolute Gasteiger partial charge is 0.348 e. The van der Waals surface area contributed by atoms with Gasteiger partial charge in [0.15, 0.2) is 0 Å². The summed E-state index contributed by atoms with van der Waals surface area (Å²) in [6.07, 6.45) is 0. The first-order chi connectivity index (χ1) is 11.4. The van der Waals surface area contributed by atoms with E-state index in [-0.39, 0.29) is 5.91 Å². The fraction of sp³-hybridized carbons (Fsp3) is 0.333. The minimum atomic E-state index is -0.125. The van der Waals surface area contributed by atoms with Crippen LogP contribution in [0.2, 0.25) is 0 Å². The summed E-state index contributed by atoms with van der Waals surface area (Å²) in [5.41, 5.74) is 6.95. The number of rotatable bonds is 3. The van der Waals surface area contributed by atoms with Gasteiger partial charge in [-0.1, -0.05) is 0 Å². The van der Waals surface area contributed by atoms with Gasteiger partial charge in [0, 0.05) is 30.4 Å². The summed E-state index contributed by atoms with van der Waals surface area (Å²) in [4.78, 5) is 21.5. The minimum Gasteiger partial charge on any atom is -0.348 e. The summed E-state index contributed by atoms with van der Waals surface area (Å²) in [5.74, 6) is -0.125. The number of hydrogen-bond acceptors (Lipinski definition) is 4. The smallest absolute Gasteiger partial charge is 0.251 e. The molecule has 0 atom stereocenters. The normalized spacial score (nSPS) is 11.0. The van der Waals surface area contributed by atoms with E-state index >= 15 is 0 Å². The van der Waals surface area contributed by atoms with Crippen LogP contribution >= 0.6 is 0 Å². The number of carbonyl (C=O) groups excluding carboxylic acids is 1. The van der Waals surface area contributed by atoms with Gasteiger partial charge in [0.2, 0.25) is 0 Å². The van der Waals surface area contributed by atoms with Crippen LogP contribution in [0, 0.1) is 27.7 Å². The Balaban J connectivity index is 1.82. The first kappa shape index (κ1) is 16.1. The fourth-order valence-corrected chi connectivity index (χ4v) is 2.72. The van der Waals surface area contributed by atoms with Crippen molar-refractivity contribution in [2.45, 2.75) is 34.2 Å². The second kappa shape index (κ2) is 6.03. The van der Waals surface area contributed by atoms with Gasteiger partial charge in [-0.05, 0) is 45.9 Å². The molecule has 0 unspecified atom stereocenters. The SMILES string of the molecule is Cc1nc2ccc(C(=O)NCc3c(C)nn(C)c3C)cc2nc1C. The van der Waals surface area contributed by atoms with Gasteiger partial charge in [0.1, 0.15) is 0 Å². The summed E-state index contributed by atoms with van der Waals surface area (Å²) in [6.45, 7) is 8.26. The van der Waals surface area contributed by atoms with Crippen LogP contribution in [0.3, 0.4) is 0 Å². The summed E-state index contributed by atoms with van der Waals surface area (Å²) in [5, 5.41) is 7.33. The fourth-order valence-electron chi connectivity index (χ4n) is 2.72. The summed E-state index contributed by atoms with van der Waals surface area (Å²) < 4.78 is 1.83. The van der Waals surface area contributed by atoms with Gasteiger partial charge < -0.3 is 5.32 Å². The van der Waals surface area contributed by atoms with Crippen LogP contribution in [0.4, 0.5) is 0 Å². The molecule has 0 saturated heterocycles. The van der Waals surface area contributed by atoms with Crippen LogP contribution in [-0.4, -0.2) is 25.7 Å². The van der Waals surface area contributed by atoms with Crippen molar-refractivity contribution in [2.75, 3.05) is 0 Å². The topological polar surface area (TPSA) is 72.7 Å². The average molecular weight is 323 g/mol. The monoisotopic (exact) mass is 323 g/mol. The Kier molecular flexibility index (Phi) is 4.05. The van der Waals surface area contributed by atoms with Crippen molar-refractivity contribution in [3.05, 3.63) is 52.1 Å². The van der Waals surface area contributed by atoms with Crippen molar-refractivity contribution >= 4 is 16.9 Å². The Hall–Kier alpha value is -2.76. The van der Waals surface area contributed by atoms with Crippen LogP contribution < -0.4 is 5.32 Å². The van der Waals surface area contributed by atoms with Crippen molar-refractivity contribution in [2.24, 2.45) is 7.05 Å². The van der Waals surface area contributed by atoms with Crippen LogP contribution in [0.5, 0.6) is 0 Å². The predicted molar refractivity (Wildman–Crippen MR) is 92.9 cm³/mol. The molecule has 0 saturated carbocycles. The average Bonchev–Trinajstić information content (AvgIpc) is 2.78. The van der Waals surface area contributed by atoms with E-state index in [1.165, 1.54) is 0 Å². The molecule has 0 radical (unpaired) electrons. The Morgan fingerprint density at radius 2 is 1.71 bits per heavy atom. The molecule has 0 spiro atoms. The molecule has 0 bridgehead atoms. The highest BCUT2D eigenvalue weighted by atomic mass is 16.1. The molecule has 1 N–H and O–H groups in total. The van der Waals surface area contributed by atoms with Gasteiger partial charge in [-0.25, -0.2) is 9.97 Å². The van der Waals surface area contributed by atoms with E-state index in [2.05, 4.69) is 20.4 Å². The third kappa shape index (κ3) is 2.87.